The lowest BCUT2D eigenvalue weighted by molar-refractivity contribution is -0.253. The van der Waals surface area contributed by atoms with E-state index in [-0.39, 0.29) is 30.6 Å². The highest BCUT2D eigenvalue weighted by Crippen LogP contribution is 2.39. The van der Waals surface area contributed by atoms with Crippen molar-refractivity contribution in [2.24, 2.45) is 0 Å². The number of aliphatic hydroxyl groups is 1. The molecular formula is C50H59N5O5. The van der Waals surface area contributed by atoms with Crippen LogP contribution in [-0.2, 0) is 38.8 Å². The fourth-order valence-corrected chi connectivity index (χ4v) is 8.02. The highest BCUT2D eigenvalue weighted by Gasteiger charge is 2.34. The molecule has 0 aliphatic carbocycles. The number of carbonyl (C=O) groups excluding carboxylic acids is 2. The molecule has 2 amide bonds. The van der Waals surface area contributed by atoms with E-state index < -0.39 is 6.29 Å². The lowest BCUT2D eigenvalue weighted by Gasteiger charge is -2.40. The highest BCUT2D eigenvalue weighted by atomic mass is 16.7. The Kier molecular flexibility index (Phi) is 15.5. The van der Waals surface area contributed by atoms with Crippen molar-refractivity contribution in [3.8, 4) is 11.1 Å². The number of para-hydroxylation sites is 2. The van der Waals surface area contributed by atoms with E-state index in [4.69, 9.17) is 15.2 Å². The number of nitrogen functional groups attached to an aromatic ring is 1. The van der Waals surface area contributed by atoms with Crippen LogP contribution in [0.1, 0.15) is 85.2 Å². The third-order valence-corrected chi connectivity index (χ3v) is 11.5. The van der Waals surface area contributed by atoms with Crippen molar-refractivity contribution in [2.45, 2.75) is 83.1 Å². The minimum Gasteiger partial charge on any atom is -0.397 e. The number of unbranched alkanes of at least 4 members (excludes halogenated alkanes) is 3. The summed E-state index contributed by atoms with van der Waals surface area (Å²) in [5.74, 6) is -0.0169. The summed E-state index contributed by atoms with van der Waals surface area (Å²) in [7, 11) is 0. The zero-order chi connectivity index (χ0) is 41.5. The number of nitrogens with one attached hydrogen (secondary N) is 2. The number of carbonyl (C=O) groups is 2. The molecule has 5 aromatic carbocycles. The normalized spacial score (nSPS) is 18.5. The number of nitrogens with zero attached hydrogens (tertiary/aromatic N) is 2. The van der Waals surface area contributed by atoms with Crippen LogP contribution in [0.3, 0.4) is 0 Å². The molecular weight excluding hydrogens is 751 g/mol. The molecule has 5 N–H and O–H groups in total. The standard InChI is InChI=1S/C50H59N5O5/c51-45-15-8-9-16-46(45)53-49(58)18-7-2-1-6-17-48(57)52-33-39-13-10-14-43(31-39)40-23-25-42(26-24-40)50-59-44(32-47(60-50)41-21-19-38(36-56)20-22-41)35-55-29-27-54(28-30-55)34-37-11-4-3-5-12-37/h3-5,8-16,19-26,31,44,47,50,56H,1-2,6-7,17-18,27-30,32-36,51H2,(H,52,57)(H,53,58)/t44-,47+,50+/m1/s1. The number of aliphatic hydroxyl groups excluding tert-OH is 1. The van der Waals surface area contributed by atoms with E-state index in [9.17, 15) is 14.7 Å². The van der Waals surface area contributed by atoms with E-state index >= 15 is 0 Å². The molecule has 0 saturated carbocycles. The summed E-state index contributed by atoms with van der Waals surface area (Å²) in [5, 5.41) is 15.6. The van der Waals surface area contributed by atoms with Crippen LogP contribution >= 0.6 is 0 Å². The summed E-state index contributed by atoms with van der Waals surface area (Å²) in [5.41, 5.74) is 14.6. The van der Waals surface area contributed by atoms with Gasteiger partial charge < -0.3 is 30.9 Å². The Labute approximate surface area is 354 Å². The SMILES string of the molecule is Nc1ccccc1NC(=O)CCCCCCC(=O)NCc1cccc(-c2ccc([C@H]3O[C@@H](CN4CCN(Cc5ccccc5)CC4)C[C@@H](c4ccc(CO)cc4)O3)cc2)c1. The molecule has 10 heteroatoms. The van der Waals surface area contributed by atoms with E-state index in [0.717, 1.165) is 105 Å². The molecule has 0 aromatic heterocycles. The van der Waals surface area contributed by atoms with E-state index in [1.807, 2.05) is 36.4 Å². The molecule has 5 aromatic rings. The summed E-state index contributed by atoms with van der Waals surface area (Å²) in [4.78, 5) is 30.0. The Bertz CT molecular complexity index is 2100. The summed E-state index contributed by atoms with van der Waals surface area (Å²) >= 11 is 0. The van der Waals surface area contributed by atoms with Gasteiger partial charge in [0.1, 0.15) is 0 Å². The third-order valence-electron chi connectivity index (χ3n) is 11.5. The first-order valence-electron chi connectivity index (χ1n) is 21.5. The zero-order valence-corrected chi connectivity index (χ0v) is 34.5. The number of hydrogen-bond acceptors (Lipinski definition) is 8. The van der Waals surface area contributed by atoms with Crippen molar-refractivity contribution in [1.82, 2.24) is 15.1 Å². The maximum absolute atomic E-state index is 12.7. The highest BCUT2D eigenvalue weighted by molar-refractivity contribution is 5.93. The molecule has 2 heterocycles. The molecule has 10 nitrogen and oxygen atoms in total. The molecule has 0 spiro atoms. The minimum atomic E-state index is -0.514. The van der Waals surface area contributed by atoms with Crippen LogP contribution in [-0.4, -0.2) is 65.5 Å². The van der Waals surface area contributed by atoms with Gasteiger partial charge in [0.25, 0.3) is 0 Å². The van der Waals surface area contributed by atoms with Crippen LogP contribution in [0.5, 0.6) is 0 Å². The van der Waals surface area contributed by atoms with Gasteiger partial charge in [0.05, 0.1) is 30.2 Å². The number of amides is 2. The zero-order valence-electron chi connectivity index (χ0n) is 34.5. The molecule has 60 heavy (non-hydrogen) atoms. The fraction of sp³-hybridized carbons (Fsp3) is 0.360. The Morgan fingerprint density at radius 2 is 1.32 bits per heavy atom. The van der Waals surface area contributed by atoms with Gasteiger partial charge in [0.2, 0.25) is 11.8 Å². The van der Waals surface area contributed by atoms with Crippen LogP contribution in [0.4, 0.5) is 11.4 Å². The average Bonchev–Trinajstić information content (AvgIpc) is 3.29. The van der Waals surface area contributed by atoms with E-state index in [1.165, 1.54) is 5.56 Å². The number of anilines is 2. The van der Waals surface area contributed by atoms with Gasteiger partial charge in [-0.25, -0.2) is 0 Å². The smallest absolute Gasteiger partial charge is 0.224 e. The van der Waals surface area contributed by atoms with Crippen LogP contribution in [0, 0.1) is 0 Å². The summed E-state index contributed by atoms with van der Waals surface area (Å²) in [6.45, 7) is 6.35. The monoisotopic (exact) mass is 809 g/mol. The predicted molar refractivity (Wildman–Crippen MR) is 237 cm³/mol. The van der Waals surface area contributed by atoms with Gasteiger partial charge in [-0.2, -0.15) is 0 Å². The lowest BCUT2D eigenvalue weighted by Crippen LogP contribution is -2.49. The molecule has 314 valence electrons. The van der Waals surface area contributed by atoms with Gasteiger partial charge in [-0.15, -0.1) is 0 Å². The first kappa shape index (κ1) is 42.8. The molecule has 2 fully saturated rings. The number of hydrogen-bond donors (Lipinski definition) is 4. The number of rotatable bonds is 18. The van der Waals surface area contributed by atoms with Crippen LogP contribution in [0.2, 0.25) is 0 Å². The van der Waals surface area contributed by atoms with Gasteiger partial charge >= 0.3 is 0 Å². The summed E-state index contributed by atoms with van der Waals surface area (Å²) in [6.07, 6.45) is 4.32. The number of ether oxygens (including phenoxy) is 2. The van der Waals surface area contributed by atoms with Crippen molar-refractivity contribution in [2.75, 3.05) is 43.8 Å². The second-order valence-electron chi connectivity index (χ2n) is 16.1. The summed E-state index contributed by atoms with van der Waals surface area (Å²) in [6, 6.07) is 42.7. The van der Waals surface area contributed by atoms with E-state index in [0.29, 0.717) is 30.8 Å². The van der Waals surface area contributed by atoms with Crippen molar-refractivity contribution in [1.29, 1.82) is 0 Å². The average molecular weight is 810 g/mol. The maximum Gasteiger partial charge on any atom is 0.224 e. The van der Waals surface area contributed by atoms with Gasteiger partial charge in [-0.1, -0.05) is 122 Å². The largest absolute Gasteiger partial charge is 0.397 e. The fourth-order valence-electron chi connectivity index (χ4n) is 8.02. The second-order valence-corrected chi connectivity index (χ2v) is 16.1. The molecule has 2 aliphatic rings. The number of piperazine rings is 1. The molecule has 0 unspecified atom stereocenters. The molecule has 7 rings (SSSR count). The van der Waals surface area contributed by atoms with Crippen molar-refractivity contribution >= 4 is 23.2 Å². The molecule has 3 atom stereocenters. The van der Waals surface area contributed by atoms with E-state index in [2.05, 4.69) is 99.3 Å². The third kappa shape index (κ3) is 12.6. The summed E-state index contributed by atoms with van der Waals surface area (Å²) < 4.78 is 13.4. The van der Waals surface area contributed by atoms with Gasteiger partial charge in [0.15, 0.2) is 6.29 Å². The van der Waals surface area contributed by atoms with E-state index in [1.54, 1.807) is 12.1 Å². The maximum atomic E-state index is 12.7. The number of nitrogens with two attached hydrogens (primary N) is 1. The van der Waals surface area contributed by atoms with Crippen LogP contribution in [0.25, 0.3) is 11.1 Å². The van der Waals surface area contributed by atoms with Gasteiger partial charge in [-0.05, 0) is 64.4 Å². The molecule has 2 aliphatic heterocycles. The molecule has 0 radical (unpaired) electrons. The van der Waals surface area contributed by atoms with Crippen LogP contribution < -0.4 is 16.4 Å². The number of benzene rings is 5. The van der Waals surface area contributed by atoms with Crippen molar-refractivity contribution in [3.05, 3.63) is 155 Å². The van der Waals surface area contributed by atoms with Gasteiger partial charge in [-0.3, -0.25) is 19.4 Å². The quantitative estimate of drug-likeness (QED) is 0.0514. The Balaban J connectivity index is 0.885. The van der Waals surface area contributed by atoms with Gasteiger partial charge in [0, 0.05) is 70.6 Å². The Morgan fingerprint density at radius 3 is 2.05 bits per heavy atom. The second kappa shape index (κ2) is 21.8. The molecule has 2 saturated heterocycles. The van der Waals surface area contributed by atoms with Crippen molar-refractivity contribution in [3.63, 3.8) is 0 Å². The van der Waals surface area contributed by atoms with Crippen molar-refractivity contribution < 1.29 is 24.2 Å². The minimum absolute atomic E-state index is 0.00224. The molecule has 0 bridgehead atoms. The first-order chi connectivity index (χ1) is 29.4. The Hall–Kier alpha value is -5.36. The Morgan fingerprint density at radius 1 is 0.650 bits per heavy atom. The topological polar surface area (TPSA) is 129 Å². The predicted octanol–water partition coefficient (Wildman–Crippen LogP) is 8.39. The lowest BCUT2D eigenvalue weighted by atomic mass is 9.98. The van der Waals surface area contributed by atoms with Crippen LogP contribution in [0.15, 0.2) is 127 Å². The first-order valence-corrected chi connectivity index (χ1v) is 21.5.